The molecule has 0 saturated carbocycles. The van der Waals surface area contributed by atoms with Gasteiger partial charge in [0.2, 0.25) is 0 Å². The molecule has 14 aromatic rings. The van der Waals surface area contributed by atoms with E-state index in [1.54, 1.807) is 0 Å². The number of thiophene rings is 1. The Morgan fingerprint density at radius 2 is 0.718 bits per heavy atom. The monoisotopic (exact) mass is 920 g/mol. The van der Waals surface area contributed by atoms with Crippen molar-refractivity contribution in [2.75, 3.05) is 4.90 Å². The van der Waals surface area contributed by atoms with Crippen molar-refractivity contribution < 1.29 is 0 Å². The molecule has 2 nitrogen and oxygen atoms in total. The van der Waals surface area contributed by atoms with Crippen LogP contribution >= 0.6 is 11.3 Å². The van der Waals surface area contributed by atoms with Crippen LogP contribution in [0.3, 0.4) is 0 Å². The summed E-state index contributed by atoms with van der Waals surface area (Å²) in [5.74, 6) is 0. The Kier molecular flexibility index (Phi) is 9.75. The van der Waals surface area contributed by atoms with Gasteiger partial charge in [-0.05, 0) is 133 Å². The lowest BCUT2D eigenvalue weighted by Gasteiger charge is -2.26. The molecule has 0 N–H and O–H groups in total. The fourth-order valence-electron chi connectivity index (χ4n) is 10.8. The molecule has 0 aliphatic rings. The van der Waals surface area contributed by atoms with Gasteiger partial charge in [0.25, 0.3) is 0 Å². The van der Waals surface area contributed by atoms with E-state index in [2.05, 4.69) is 276 Å². The van der Waals surface area contributed by atoms with Crippen molar-refractivity contribution in [3.05, 3.63) is 267 Å². The molecule has 14 rings (SSSR count). The summed E-state index contributed by atoms with van der Waals surface area (Å²) in [7, 11) is 0. The number of anilines is 3. The number of hydrogen-bond acceptors (Lipinski definition) is 2. The van der Waals surface area contributed by atoms with Crippen molar-refractivity contribution in [2.24, 2.45) is 0 Å². The summed E-state index contributed by atoms with van der Waals surface area (Å²) in [6.07, 6.45) is 0. The van der Waals surface area contributed by atoms with Crippen LogP contribution in [0.25, 0.3) is 114 Å². The molecular weight excluding hydrogens is 877 g/mol. The average molecular weight is 921 g/mol. The van der Waals surface area contributed by atoms with E-state index in [1.165, 1.54) is 108 Å². The second-order valence-electron chi connectivity index (χ2n) is 18.5. The van der Waals surface area contributed by atoms with Gasteiger partial charge < -0.3 is 9.47 Å². The number of nitrogens with zero attached hydrogens (tertiary/aromatic N) is 2. The van der Waals surface area contributed by atoms with E-state index in [4.69, 9.17) is 0 Å². The highest BCUT2D eigenvalue weighted by atomic mass is 32.1. The second-order valence-corrected chi connectivity index (χ2v) is 19.5. The SMILES string of the molecule is c1cc(-c2ccc(N(c3ccc(-c4ccc(-c5ccc6ccccc6c5)cc4)cc3)c3ccc(-c4cccc5c4sc4c6ccccc6ccc54)cc3)cc2)cc(-n2c3ccccc3c3ccccc32)c1. The summed E-state index contributed by atoms with van der Waals surface area (Å²) in [5.41, 5.74) is 16.4. The lowest BCUT2D eigenvalue weighted by molar-refractivity contribution is 1.18. The van der Waals surface area contributed by atoms with Gasteiger partial charge in [-0.1, -0.05) is 200 Å². The van der Waals surface area contributed by atoms with Crippen LogP contribution in [0, 0.1) is 0 Å². The van der Waals surface area contributed by atoms with Crippen molar-refractivity contribution in [1.82, 2.24) is 4.57 Å². The number of para-hydroxylation sites is 2. The fraction of sp³-hybridized carbons (Fsp3) is 0. The normalized spacial score (nSPS) is 11.7. The van der Waals surface area contributed by atoms with Crippen molar-refractivity contribution in [3.8, 4) is 50.2 Å². The quantitative estimate of drug-likeness (QED) is 0.147. The van der Waals surface area contributed by atoms with Crippen molar-refractivity contribution in [2.45, 2.75) is 0 Å². The summed E-state index contributed by atoms with van der Waals surface area (Å²) in [5, 5.41) is 10.3. The van der Waals surface area contributed by atoms with Gasteiger partial charge >= 0.3 is 0 Å². The number of benzene rings is 12. The van der Waals surface area contributed by atoms with Gasteiger partial charge in [-0.25, -0.2) is 0 Å². The van der Waals surface area contributed by atoms with Gasteiger partial charge in [0, 0.05) is 53.7 Å². The zero-order valence-corrected chi connectivity index (χ0v) is 39.5. The summed E-state index contributed by atoms with van der Waals surface area (Å²) < 4.78 is 5.06. The predicted octanol–water partition coefficient (Wildman–Crippen LogP) is 19.6. The molecule has 12 aromatic carbocycles. The zero-order valence-electron chi connectivity index (χ0n) is 38.7. The molecule has 0 aliphatic carbocycles. The minimum Gasteiger partial charge on any atom is -0.311 e. The first-order chi connectivity index (χ1) is 35.2. The molecular formula is C68H44N2S. The van der Waals surface area contributed by atoms with Gasteiger partial charge in [-0.3, -0.25) is 0 Å². The highest BCUT2D eigenvalue weighted by molar-refractivity contribution is 7.27. The molecule has 0 bridgehead atoms. The highest BCUT2D eigenvalue weighted by Gasteiger charge is 2.18. The third-order valence-corrected chi connectivity index (χ3v) is 15.7. The Hall–Kier alpha value is -9.02. The van der Waals surface area contributed by atoms with Crippen molar-refractivity contribution in [3.63, 3.8) is 0 Å². The molecule has 3 heteroatoms. The molecule has 0 aliphatic heterocycles. The van der Waals surface area contributed by atoms with Gasteiger partial charge in [-0.2, -0.15) is 0 Å². The smallest absolute Gasteiger partial charge is 0.0541 e. The number of fused-ring (bicyclic) bond motifs is 9. The number of hydrogen-bond donors (Lipinski definition) is 0. The van der Waals surface area contributed by atoms with Crippen LogP contribution in [0.15, 0.2) is 267 Å². The number of rotatable bonds is 8. The molecule has 0 saturated heterocycles. The first kappa shape index (κ1) is 41.0. The summed E-state index contributed by atoms with van der Waals surface area (Å²) in [6, 6.07) is 97.8. The van der Waals surface area contributed by atoms with Gasteiger partial charge in [0.1, 0.15) is 0 Å². The molecule has 71 heavy (non-hydrogen) atoms. The third-order valence-electron chi connectivity index (χ3n) is 14.4. The van der Waals surface area contributed by atoms with E-state index >= 15 is 0 Å². The van der Waals surface area contributed by atoms with E-state index in [0.29, 0.717) is 0 Å². The summed E-state index contributed by atoms with van der Waals surface area (Å²) in [4.78, 5) is 2.38. The Morgan fingerprint density at radius 3 is 1.37 bits per heavy atom. The minimum atomic E-state index is 1.09. The first-order valence-corrected chi connectivity index (χ1v) is 25.1. The standard InChI is InChI=1S/C68H44N2S/c1-2-13-52-43-54(28-27-45(52)11-1)48-25-23-46(24-26-48)47-29-36-55(37-30-47)69(57-40-33-51(34-41-57)60-19-10-20-63-64-42-35-50-12-3-4-16-59(50)68(64)71-67(60)63)56-38-31-49(32-39-56)53-14-9-15-58(44-53)70-65-21-7-5-17-61(65)62-18-6-8-22-66(62)70/h1-44H. The maximum atomic E-state index is 2.39. The summed E-state index contributed by atoms with van der Waals surface area (Å²) >= 11 is 1.90. The van der Waals surface area contributed by atoms with Gasteiger partial charge in [-0.15, -0.1) is 11.3 Å². The van der Waals surface area contributed by atoms with Crippen LogP contribution in [-0.2, 0) is 0 Å². The Bertz CT molecular complexity index is 4260. The van der Waals surface area contributed by atoms with Crippen LogP contribution in [0.2, 0.25) is 0 Å². The van der Waals surface area contributed by atoms with Crippen LogP contribution in [0.1, 0.15) is 0 Å². The lowest BCUT2D eigenvalue weighted by atomic mass is 9.98. The minimum absolute atomic E-state index is 1.09. The molecule has 332 valence electrons. The maximum Gasteiger partial charge on any atom is 0.0541 e. The average Bonchev–Trinajstić information content (AvgIpc) is 4.00. The molecule has 0 fully saturated rings. The van der Waals surface area contributed by atoms with E-state index in [9.17, 15) is 0 Å². The van der Waals surface area contributed by atoms with Gasteiger partial charge in [0.15, 0.2) is 0 Å². The Labute approximate surface area is 416 Å². The topological polar surface area (TPSA) is 8.17 Å². The van der Waals surface area contributed by atoms with Crippen LogP contribution in [-0.4, -0.2) is 4.57 Å². The predicted molar refractivity (Wildman–Crippen MR) is 305 cm³/mol. The fourth-order valence-corrected chi connectivity index (χ4v) is 12.2. The first-order valence-electron chi connectivity index (χ1n) is 24.3. The molecule has 2 heterocycles. The Morgan fingerprint density at radius 1 is 0.268 bits per heavy atom. The molecule has 0 radical (unpaired) electrons. The van der Waals surface area contributed by atoms with Crippen molar-refractivity contribution >= 4 is 91.9 Å². The van der Waals surface area contributed by atoms with E-state index in [1.807, 2.05) is 11.3 Å². The lowest BCUT2D eigenvalue weighted by Crippen LogP contribution is -2.09. The molecule has 0 atom stereocenters. The largest absolute Gasteiger partial charge is 0.311 e. The Balaban J connectivity index is 0.823. The van der Waals surface area contributed by atoms with E-state index < -0.39 is 0 Å². The molecule has 0 amide bonds. The van der Waals surface area contributed by atoms with Crippen molar-refractivity contribution in [1.29, 1.82) is 0 Å². The number of aromatic nitrogens is 1. The maximum absolute atomic E-state index is 2.39. The van der Waals surface area contributed by atoms with E-state index in [0.717, 1.165) is 22.7 Å². The van der Waals surface area contributed by atoms with Gasteiger partial charge in [0.05, 0.1) is 11.0 Å². The van der Waals surface area contributed by atoms with Crippen LogP contribution in [0.4, 0.5) is 17.1 Å². The zero-order chi connectivity index (χ0) is 46.8. The van der Waals surface area contributed by atoms with E-state index in [-0.39, 0.29) is 0 Å². The third kappa shape index (κ3) is 7.09. The summed E-state index contributed by atoms with van der Waals surface area (Å²) in [6.45, 7) is 0. The molecule has 2 aromatic heterocycles. The van der Waals surface area contributed by atoms with Crippen LogP contribution in [0.5, 0.6) is 0 Å². The molecule has 0 spiro atoms. The molecule has 0 unspecified atom stereocenters. The second kappa shape index (κ2) is 16.9. The van der Waals surface area contributed by atoms with Crippen LogP contribution < -0.4 is 4.90 Å². The highest BCUT2D eigenvalue weighted by Crippen LogP contribution is 2.44.